The molecule has 0 saturated carbocycles. The SMILES string of the molecule is CC(C)(C)C(=O)NNS(=O)(=O)c1cccc(C(=O)O)c1F. The smallest absolute Gasteiger partial charge is 0.338 e. The first kappa shape index (κ1) is 17.1. The van der Waals surface area contributed by atoms with E-state index in [1.54, 1.807) is 25.6 Å². The number of nitrogens with one attached hydrogen (secondary N) is 2. The van der Waals surface area contributed by atoms with Gasteiger partial charge in [-0.2, -0.15) is 0 Å². The van der Waals surface area contributed by atoms with Gasteiger partial charge in [-0.3, -0.25) is 10.2 Å². The fourth-order valence-corrected chi connectivity index (χ4v) is 2.18. The van der Waals surface area contributed by atoms with Crippen LogP contribution in [0.1, 0.15) is 31.1 Å². The minimum Gasteiger partial charge on any atom is -0.478 e. The number of carboxylic acids is 1. The van der Waals surface area contributed by atoms with Crippen molar-refractivity contribution < 1.29 is 27.5 Å². The number of aromatic carboxylic acids is 1. The van der Waals surface area contributed by atoms with Gasteiger partial charge in [0.05, 0.1) is 5.56 Å². The molecule has 116 valence electrons. The minimum atomic E-state index is -4.42. The van der Waals surface area contributed by atoms with Crippen molar-refractivity contribution in [3.05, 3.63) is 29.6 Å². The Labute approximate surface area is 121 Å². The van der Waals surface area contributed by atoms with Gasteiger partial charge in [-0.05, 0) is 12.1 Å². The molecule has 0 aliphatic heterocycles. The van der Waals surface area contributed by atoms with Crippen molar-refractivity contribution in [3.8, 4) is 0 Å². The molecule has 1 aromatic carbocycles. The van der Waals surface area contributed by atoms with E-state index in [4.69, 9.17) is 5.11 Å². The fraction of sp³-hybridized carbons (Fsp3) is 0.333. The zero-order valence-corrected chi connectivity index (χ0v) is 12.4. The summed E-state index contributed by atoms with van der Waals surface area (Å²) in [5.74, 6) is -3.62. The van der Waals surface area contributed by atoms with Crippen molar-refractivity contribution in [2.45, 2.75) is 25.7 Å². The molecule has 0 saturated heterocycles. The maximum Gasteiger partial charge on any atom is 0.338 e. The molecule has 1 rings (SSSR count). The van der Waals surface area contributed by atoms with E-state index in [9.17, 15) is 22.4 Å². The van der Waals surface area contributed by atoms with Crippen LogP contribution in [0.4, 0.5) is 4.39 Å². The largest absolute Gasteiger partial charge is 0.478 e. The van der Waals surface area contributed by atoms with E-state index in [1.807, 2.05) is 5.43 Å². The van der Waals surface area contributed by atoms with E-state index in [-0.39, 0.29) is 0 Å². The normalized spacial score (nSPS) is 12.0. The number of carboxylic acid groups (broad SMARTS) is 1. The second-order valence-corrected chi connectivity index (χ2v) is 6.88. The Hall–Kier alpha value is -2.00. The molecule has 0 aliphatic rings. The van der Waals surface area contributed by atoms with Crippen LogP contribution in [0, 0.1) is 11.2 Å². The molecule has 1 amide bonds. The molecule has 0 spiro atoms. The standard InChI is InChI=1S/C12H15FN2O5S/c1-12(2,3)11(18)14-15-21(19,20)8-6-4-5-7(9(8)13)10(16)17/h4-6,15H,1-3H3,(H,14,18)(H,16,17). The van der Waals surface area contributed by atoms with Crippen LogP contribution >= 0.6 is 0 Å². The number of hydrogen-bond acceptors (Lipinski definition) is 4. The summed E-state index contributed by atoms with van der Waals surface area (Å²) in [6.45, 7) is 4.67. The molecule has 0 fully saturated rings. The summed E-state index contributed by atoms with van der Waals surface area (Å²) in [6.07, 6.45) is 0. The van der Waals surface area contributed by atoms with Gasteiger partial charge < -0.3 is 5.11 Å². The van der Waals surface area contributed by atoms with Crippen molar-refractivity contribution in [2.75, 3.05) is 0 Å². The minimum absolute atomic E-state index is 0.624. The lowest BCUT2D eigenvalue weighted by Crippen LogP contribution is -2.46. The number of rotatable bonds is 4. The zero-order chi connectivity index (χ0) is 16.4. The molecule has 7 nitrogen and oxygen atoms in total. The van der Waals surface area contributed by atoms with E-state index in [1.165, 1.54) is 0 Å². The second kappa shape index (κ2) is 5.78. The lowest BCUT2D eigenvalue weighted by atomic mass is 9.96. The van der Waals surface area contributed by atoms with Crippen LogP contribution in [0.15, 0.2) is 23.1 Å². The van der Waals surface area contributed by atoms with E-state index in [2.05, 4.69) is 0 Å². The summed E-state index contributed by atoms with van der Waals surface area (Å²) in [4.78, 5) is 23.2. The van der Waals surface area contributed by atoms with E-state index < -0.39 is 43.6 Å². The van der Waals surface area contributed by atoms with Gasteiger partial charge in [0.25, 0.3) is 10.0 Å². The van der Waals surface area contributed by atoms with Gasteiger partial charge in [0.15, 0.2) is 5.82 Å². The van der Waals surface area contributed by atoms with Crippen molar-refractivity contribution in [3.63, 3.8) is 0 Å². The third kappa shape index (κ3) is 3.99. The highest BCUT2D eigenvalue weighted by Gasteiger charge is 2.26. The highest BCUT2D eigenvalue weighted by molar-refractivity contribution is 7.89. The Bertz CT molecular complexity index is 679. The summed E-state index contributed by atoms with van der Waals surface area (Å²) in [5.41, 5.74) is 0.311. The molecule has 0 aliphatic carbocycles. The molecule has 3 N–H and O–H groups in total. The predicted octanol–water partition coefficient (Wildman–Crippen LogP) is 0.880. The summed E-state index contributed by atoms with van der Waals surface area (Å²) in [7, 11) is -4.42. The van der Waals surface area contributed by atoms with Crippen LogP contribution in [0.5, 0.6) is 0 Å². The molecule has 0 heterocycles. The van der Waals surface area contributed by atoms with Crippen LogP contribution in [-0.2, 0) is 14.8 Å². The maximum atomic E-state index is 13.9. The Balaban J connectivity index is 3.08. The molecule has 0 atom stereocenters. The average molecular weight is 318 g/mol. The van der Waals surface area contributed by atoms with E-state index >= 15 is 0 Å². The first-order valence-corrected chi connectivity index (χ1v) is 7.29. The highest BCUT2D eigenvalue weighted by Crippen LogP contribution is 2.18. The Morgan fingerprint density at radius 3 is 2.29 bits per heavy atom. The van der Waals surface area contributed by atoms with Gasteiger partial charge in [0, 0.05) is 5.41 Å². The summed E-state index contributed by atoms with van der Waals surface area (Å²) in [6, 6.07) is 2.92. The molecule has 0 radical (unpaired) electrons. The third-order valence-corrected chi connectivity index (χ3v) is 3.73. The van der Waals surface area contributed by atoms with Crippen LogP contribution in [0.25, 0.3) is 0 Å². The quantitative estimate of drug-likeness (QED) is 0.713. The number of hydrazine groups is 1. The first-order chi connectivity index (χ1) is 9.47. The Morgan fingerprint density at radius 2 is 1.81 bits per heavy atom. The maximum absolute atomic E-state index is 13.9. The fourth-order valence-electron chi connectivity index (χ4n) is 1.24. The molecule has 1 aromatic rings. The van der Waals surface area contributed by atoms with E-state index in [0.717, 1.165) is 18.2 Å². The van der Waals surface area contributed by atoms with Crippen molar-refractivity contribution in [2.24, 2.45) is 5.41 Å². The summed E-state index contributed by atoms with van der Waals surface area (Å²) < 4.78 is 37.7. The lowest BCUT2D eigenvalue weighted by Gasteiger charge is -2.18. The average Bonchev–Trinajstić information content (AvgIpc) is 2.34. The Morgan fingerprint density at radius 1 is 1.24 bits per heavy atom. The van der Waals surface area contributed by atoms with Gasteiger partial charge >= 0.3 is 5.97 Å². The number of carbonyl (C=O) groups excluding carboxylic acids is 1. The molecule has 0 bridgehead atoms. The third-order valence-electron chi connectivity index (χ3n) is 2.46. The topological polar surface area (TPSA) is 113 Å². The number of benzene rings is 1. The Kier molecular flexibility index (Phi) is 4.69. The predicted molar refractivity (Wildman–Crippen MR) is 71.3 cm³/mol. The van der Waals surface area contributed by atoms with Gasteiger partial charge in [0.2, 0.25) is 5.91 Å². The van der Waals surface area contributed by atoms with Gasteiger partial charge in [-0.1, -0.05) is 26.8 Å². The summed E-state index contributed by atoms with van der Waals surface area (Å²) in [5, 5.41) is 8.76. The van der Waals surface area contributed by atoms with E-state index in [0.29, 0.717) is 0 Å². The van der Waals surface area contributed by atoms with Crippen molar-refractivity contribution >= 4 is 21.9 Å². The number of halogens is 1. The number of sulfonamides is 1. The van der Waals surface area contributed by atoms with Crippen LogP contribution in [0.2, 0.25) is 0 Å². The highest BCUT2D eigenvalue weighted by atomic mass is 32.2. The number of carbonyl (C=O) groups is 2. The van der Waals surface area contributed by atoms with Crippen molar-refractivity contribution in [1.82, 2.24) is 10.3 Å². The second-order valence-electron chi connectivity index (χ2n) is 5.23. The summed E-state index contributed by atoms with van der Waals surface area (Å²) >= 11 is 0. The van der Waals surface area contributed by atoms with Crippen LogP contribution in [0.3, 0.4) is 0 Å². The molecule has 0 unspecified atom stereocenters. The van der Waals surface area contributed by atoms with Gasteiger partial charge in [-0.25, -0.2) is 17.6 Å². The molecular weight excluding hydrogens is 303 g/mol. The molecular formula is C12H15FN2O5S. The monoisotopic (exact) mass is 318 g/mol. The van der Waals surface area contributed by atoms with Gasteiger partial charge in [0.1, 0.15) is 4.90 Å². The number of hydrogen-bond donors (Lipinski definition) is 3. The molecule has 9 heteroatoms. The zero-order valence-electron chi connectivity index (χ0n) is 11.6. The molecule has 0 aromatic heterocycles. The van der Waals surface area contributed by atoms with Crippen LogP contribution < -0.4 is 10.3 Å². The lowest BCUT2D eigenvalue weighted by molar-refractivity contribution is -0.129. The molecule has 21 heavy (non-hydrogen) atoms. The number of amides is 1. The van der Waals surface area contributed by atoms with Crippen molar-refractivity contribution in [1.29, 1.82) is 0 Å². The van der Waals surface area contributed by atoms with Crippen LogP contribution in [-0.4, -0.2) is 25.4 Å². The van der Waals surface area contributed by atoms with Gasteiger partial charge in [-0.15, -0.1) is 4.83 Å². The first-order valence-electron chi connectivity index (χ1n) is 5.81.